The van der Waals surface area contributed by atoms with Crippen LogP contribution in [0.4, 0.5) is 0 Å². The molecule has 0 atom stereocenters. The third kappa shape index (κ3) is 3.15. The van der Waals surface area contributed by atoms with Crippen LogP contribution in [0, 0.1) is 0 Å². The smallest absolute Gasteiger partial charge is 0.256 e. The van der Waals surface area contributed by atoms with E-state index in [9.17, 15) is 9.59 Å². The fourth-order valence-electron chi connectivity index (χ4n) is 3.02. The van der Waals surface area contributed by atoms with Crippen molar-refractivity contribution in [3.8, 4) is 0 Å². The fourth-order valence-corrected chi connectivity index (χ4v) is 3.02. The minimum absolute atomic E-state index is 0.00359. The second kappa shape index (κ2) is 6.69. The van der Waals surface area contributed by atoms with E-state index in [1.165, 1.54) is 0 Å². The summed E-state index contributed by atoms with van der Waals surface area (Å²) >= 11 is 0. The van der Waals surface area contributed by atoms with Gasteiger partial charge in [-0.2, -0.15) is 0 Å². The summed E-state index contributed by atoms with van der Waals surface area (Å²) in [5, 5.41) is 0.873. The molecule has 0 aliphatic rings. The third-order valence-electron chi connectivity index (χ3n) is 4.49. The second-order valence-corrected chi connectivity index (χ2v) is 6.65. The number of carbonyl (C=O) groups excluding carboxylic acids is 2. The average molecular weight is 337 g/mol. The van der Waals surface area contributed by atoms with E-state index in [4.69, 9.17) is 0 Å². The molecule has 0 spiro atoms. The lowest BCUT2D eigenvalue weighted by atomic mass is 10.1. The lowest BCUT2D eigenvalue weighted by Gasteiger charge is -2.19. The van der Waals surface area contributed by atoms with Crippen molar-refractivity contribution in [1.82, 2.24) is 14.2 Å². The van der Waals surface area contributed by atoms with Crippen LogP contribution in [0.5, 0.6) is 0 Å². The van der Waals surface area contributed by atoms with Gasteiger partial charge in [0.2, 0.25) is 0 Å². The van der Waals surface area contributed by atoms with Crippen LogP contribution in [-0.2, 0) is 0 Å². The number of amides is 1. The van der Waals surface area contributed by atoms with E-state index in [1.807, 2.05) is 62.1 Å². The van der Waals surface area contributed by atoms with Crippen LogP contribution < -0.4 is 0 Å². The van der Waals surface area contributed by atoms with Gasteiger partial charge in [0.1, 0.15) is 0 Å². The number of benzene rings is 1. The van der Waals surface area contributed by atoms with E-state index in [0.29, 0.717) is 17.7 Å². The minimum atomic E-state index is -0.00359. The summed E-state index contributed by atoms with van der Waals surface area (Å²) < 4.78 is 1.98. The Morgan fingerprint density at radius 1 is 1.00 bits per heavy atom. The number of likely N-dealkylation sites (N-methyl/N-ethyl adjacent to an activating group) is 2. The average Bonchev–Trinajstić information content (AvgIpc) is 2.92. The predicted molar refractivity (Wildman–Crippen MR) is 100 cm³/mol. The number of carbonyl (C=O) groups is 2. The molecule has 2 aromatic heterocycles. The molecule has 0 saturated heterocycles. The molecule has 3 aromatic rings. The van der Waals surface area contributed by atoms with Crippen molar-refractivity contribution >= 4 is 28.1 Å². The van der Waals surface area contributed by atoms with Crippen LogP contribution in [-0.4, -0.2) is 60.1 Å². The van der Waals surface area contributed by atoms with Gasteiger partial charge < -0.3 is 14.2 Å². The first kappa shape index (κ1) is 17.2. The Morgan fingerprint density at radius 2 is 1.76 bits per heavy atom. The van der Waals surface area contributed by atoms with Crippen LogP contribution >= 0.6 is 0 Å². The van der Waals surface area contributed by atoms with Gasteiger partial charge in [0.05, 0.1) is 16.6 Å². The lowest BCUT2D eigenvalue weighted by Crippen LogP contribution is -2.33. The summed E-state index contributed by atoms with van der Waals surface area (Å²) in [7, 11) is 5.81. The van der Waals surface area contributed by atoms with Crippen molar-refractivity contribution in [3.05, 3.63) is 53.7 Å². The highest BCUT2D eigenvalue weighted by atomic mass is 16.2. The molecule has 25 heavy (non-hydrogen) atoms. The van der Waals surface area contributed by atoms with E-state index in [1.54, 1.807) is 17.9 Å². The normalized spacial score (nSPS) is 11.4. The van der Waals surface area contributed by atoms with Crippen LogP contribution in [0.25, 0.3) is 16.4 Å². The molecular formula is C20H23N3O2. The fraction of sp³-hybridized carbons (Fsp3) is 0.300. The van der Waals surface area contributed by atoms with Crippen LogP contribution in [0.3, 0.4) is 0 Å². The maximum atomic E-state index is 13.1. The Labute approximate surface area is 147 Å². The molecule has 0 aliphatic carbocycles. The van der Waals surface area contributed by atoms with E-state index in [-0.39, 0.29) is 11.7 Å². The first-order valence-electron chi connectivity index (χ1n) is 8.34. The zero-order valence-corrected chi connectivity index (χ0v) is 15.1. The van der Waals surface area contributed by atoms with Gasteiger partial charge in [-0.15, -0.1) is 0 Å². The minimum Gasteiger partial charge on any atom is -0.340 e. The predicted octanol–water partition coefficient (Wildman–Crippen LogP) is 2.93. The SMILES string of the molecule is CC(=O)c1ccc2c(C(=O)N(C)CCN(C)C)c3ccccn3c2c1. The van der Waals surface area contributed by atoms with Gasteiger partial charge in [0.25, 0.3) is 5.91 Å². The number of aromatic nitrogens is 1. The van der Waals surface area contributed by atoms with Crippen molar-refractivity contribution in [2.45, 2.75) is 6.92 Å². The van der Waals surface area contributed by atoms with E-state index in [2.05, 4.69) is 4.90 Å². The van der Waals surface area contributed by atoms with Gasteiger partial charge in [-0.25, -0.2) is 0 Å². The number of rotatable bonds is 5. The number of fused-ring (bicyclic) bond motifs is 3. The summed E-state index contributed by atoms with van der Waals surface area (Å²) in [6, 6.07) is 11.3. The summed E-state index contributed by atoms with van der Waals surface area (Å²) in [6.45, 7) is 3.02. The van der Waals surface area contributed by atoms with Gasteiger partial charge in [0.15, 0.2) is 5.78 Å². The number of Topliss-reactive ketones (excluding diaryl/α,β-unsaturated/α-hetero) is 1. The van der Waals surface area contributed by atoms with Crippen molar-refractivity contribution in [1.29, 1.82) is 0 Å². The molecule has 1 amide bonds. The van der Waals surface area contributed by atoms with Crippen molar-refractivity contribution < 1.29 is 9.59 Å². The van der Waals surface area contributed by atoms with Gasteiger partial charge in [-0.1, -0.05) is 18.2 Å². The van der Waals surface area contributed by atoms with Gasteiger partial charge in [0, 0.05) is 37.3 Å². The number of hydrogen-bond donors (Lipinski definition) is 0. The standard InChI is InChI=1S/C20H23N3O2/c1-14(24)15-8-9-16-18(13-15)23-10-6-5-7-17(23)19(16)20(25)22(4)12-11-21(2)3/h5-10,13H,11-12H2,1-4H3. The van der Waals surface area contributed by atoms with Crippen LogP contribution in [0.1, 0.15) is 27.6 Å². The van der Waals surface area contributed by atoms with Crippen LogP contribution in [0.15, 0.2) is 42.6 Å². The van der Waals surface area contributed by atoms with Crippen LogP contribution in [0.2, 0.25) is 0 Å². The number of ketones is 1. The molecule has 0 bridgehead atoms. The molecule has 5 heteroatoms. The largest absolute Gasteiger partial charge is 0.340 e. The molecule has 0 aliphatic heterocycles. The van der Waals surface area contributed by atoms with Gasteiger partial charge in [-0.3, -0.25) is 9.59 Å². The molecule has 0 fully saturated rings. The zero-order chi connectivity index (χ0) is 18.1. The van der Waals surface area contributed by atoms with Gasteiger partial charge in [-0.05, 0) is 39.2 Å². The highest BCUT2D eigenvalue weighted by molar-refractivity contribution is 6.14. The monoisotopic (exact) mass is 337 g/mol. The topological polar surface area (TPSA) is 45.0 Å². The number of pyridine rings is 1. The maximum absolute atomic E-state index is 13.1. The summed E-state index contributed by atoms with van der Waals surface area (Å²) in [5.74, 6) is 0.0138. The molecule has 130 valence electrons. The molecule has 2 heterocycles. The van der Waals surface area contributed by atoms with Crippen molar-refractivity contribution in [3.63, 3.8) is 0 Å². The first-order valence-corrected chi connectivity index (χ1v) is 8.34. The molecule has 0 unspecified atom stereocenters. The summed E-state index contributed by atoms with van der Waals surface area (Å²) in [5.41, 5.74) is 3.08. The maximum Gasteiger partial charge on any atom is 0.256 e. The Morgan fingerprint density at radius 3 is 2.44 bits per heavy atom. The number of nitrogens with zero attached hydrogens (tertiary/aromatic N) is 3. The molecule has 1 aromatic carbocycles. The highest BCUT2D eigenvalue weighted by Crippen LogP contribution is 2.28. The van der Waals surface area contributed by atoms with E-state index >= 15 is 0 Å². The van der Waals surface area contributed by atoms with E-state index in [0.717, 1.165) is 23.0 Å². The van der Waals surface area contributed by atoms with Crippen molar-refractivity contribution in [2.75, 3.05) is 34.2 Å². The van der Waals surface area contributed by atoms with E-state index < -0.39 is 0 Å². The first-order chi connectivity index (χ1) is 11.9. The third-order valence-corrected chi connectivity index (χ3v) is 4.49. The lowest BCUT2D eigenvalue weighted by molar-refractivity contribution is 0.0790. The zero-order valence-electron chi connectivity index (χ0n) is 15.1. The highest BCUT2D eigenvalue weighted by Gasteiger charge is 2.21. The Kier molecular flexibility index (Phi) is 4.59. The molecule has 0 radical (unpaired) electrons. The molecular weight excluding hydrogens is 314 g/mol. The Hall–Kier alpha value is -2.66. The summed E-state index contributed by atoms with van der Waals surface area (Å²) in [6.07, 6.45) is 1.93. The summed E-state index contributed by atoms with van der Waals surface area (Å²) in [4.78, 5) is 28.6. The second-order valence-electron chi connectivity index (χ2n) is 6.65. The molecule has 0 N–H and O–H groups in total. The number of hydrogen-bond acceptors (Lipinski definition) is 3. The Bertz CT molecular complexity index is 956. The molecule has 0 saturated carbocycles. The Balaban J connectivity index is 2.16. The molecule has 3 rings (SSSR count). The quantitative estimate of drug-likeness (QED) is 0.673. The van der Waals surface area contributed by atoms with Crippen molar-refractivity contribution in [2.24, 2.45) is 0 Å². The van der Waals surface area contributed by atoms with Gasteiger partial charge >= 0.3 is 0 Å². The molecule has 5 nitrogen and oxygen atoms in total.